The number of anilines is 1. The molecule has 0 aliphatic rings. The number of hydrogen-bond acceptors (Lipinski definition) is 4. The van der Waals surface area contributed by atoms with Gasteiger partial charge in [-0.25, -0.2) is 8.42 Å². The zero-order valence-electron chi connectivity index (χ0n) is 17.7. The molecule has 1 aromatic heterocycles. The quantitative estimate of drug-likeness (QED) is 0.523. The van der Waals surface area contributed by atoms with Crippen LogP contribution in [0.15, 0.2) is 70.0 Å². The second-order valence-electron chi connectivity index (χ2n) is 7.91. The number of carbonyl (C=O) groups excluding carboxylic acids is 1. The molecular weight excluding hydrogens is 398 g/mol. The van der Waals surface area contributed by atoms with Crippen LogP contribution >= 0.6 is 0 Å². The van der Waals surface area contributed by atoms with Gasteiger partial charge in [-0.15, -0.1) is 0 Å². The van der Waals surface area contributed by atoms with Gasteiger partial charge in [-0.1, -0.05) is 64.1 Å². The summed E-state index contributed by atoms with van der Waals surface area (Å²) >= 11 is 0. The summed E-state index contributed by atoms with van der Waals surface area (Å²) in [6.45, 7) is 8.31. The molecule has 158 valence electrons. The lowest BCUT2D eigenvalue weighted by Crippen LogP contribution is -2.15. The Bertz CT molecular complexity index is 1100. The van der Waals surface area contributed by atoms with Gasteiger partial charge in [0, 0.05) is 5.69 Å². The first-order chi connectivity index (χ1) is 14.2. The van der Waals surface area contributed by atoms with Crippen LogP contribution < -0.4 is 5.32 Å². The molecule has 30 heavy (non-hydrogen) atoms. The molecule has 1 N–H and O–H groups in total. The van der Waals surface area contributed by atoms with Crippen molar-refractivity contribution in [3.63, 3.8) is 0 Å². The smallest absolute Gasteiger partial charge is 0.291 e. The maximum Gasteiger partial charge on any atom is 0.291 e. The van der Waals surface area contributed by atoms with Gasteiger partial charge in [0.25, 0.3) is 5.91 Å². The molecule has 3 aromatic rings. The van der Waals surface area contributed by atoms with Crippen molar-refractivity contribution in [3.8, 4) is 0 Å². The molecule has 1 heterocycles. The number of furan rings is 1. The Labute approximate surface area is 178 Å². The largest absolute Gasteiger partial charge is 0.455 e. The molecule has 6 heteroatoms. The Morgan fingerprint density at radius 1 is 0.867 bits per heavy atom. The van der Waals surface area contributed by atoms with Crippen LogP contribution in [0.25, 0.3) is 0 Å². The molecule has 0 fully saturated rings. The predicted octanol–water partition coefficient (Wildman–Crippen LogP) is 5.75. The Morgan fingerprint density at radius 2 is 1.47 bits per heavy atom. The van der Waals surface area contributed by atoms with Crippen LogP contribution in [-0.2, 0) is 15.6 Å². The van der Waals surface area contributed by atoms with E-state index in [2.05, 4.69) is 33.0 Å². The molecule has 2 aromatic carbocycles. The second kappa shape index (κ2) is 8.88. The molecule has 5 nitrogen and oxygen atoms in total. The first kappa shape index (κ1) is 21.8. The van der Waals surface area contributed by atoms with Crippen LogP contribution in [0.5, 0.6) is 0 Å². The summed E-state index contributed by atoms with van der Waals surface area (Å²) in [7, 11) is -3.55. The average molecular weight is 426 g/mol. The van der Waals surface area contributed by atoms with Gasteiger partial charge < -0.3 is 9.73 Å². The summed E-state index contributed by atoms with van der Waals surface area (Å²) in [6.07, 6.45) is 0. The molecule has 0 bridgehead atoms. The van der Waals surface area contributed by atoms with E-state index < -0.39 is 15.7 Å². The predicted molar refractivity (Wildman–Crippen MR) is 119 cm³/mol. The molecule has 0 radical (unpaired) electrons. The summed E-state index contributed by atoms with van der Waals surface area (Å²) in [4.78, 5) is 13.1. The lowest BCUT2D eigenvalue weighted by Gasteiger charge is -2.19. The number of carbonyl (C=O) groups is 1. The van der Waals surface area contributed by atoms with Crippen LogP contribution in [0.1, 0.15) is 67.0 Å². The minimum absolute atomic E-state index is 0.0847. The standard InChI is InChI=1S/C24H27NO4S/c1-16(2)20-11-8-12-21(17(3)4)23(20)25-24(26)22-14-13-18(29-22)15-30(27,28)19-9-6-5-7-10-19/h5-14,16-17H,15H2,1-4H3,(H,25,26). The highest BCUT2D eigenvalue weighted by Gasteiger charge is 2.21. The summed E-state index contributed by atoms with van der Waals surface area (Å²) in [6, 6.07) is 17.3. The van der Waals surface area contributed by atoms with Crippen molar-refractivity contribution in [2.24, 2.45) is 0 Å². The minimum atomic E-state index is -3.55. The highest BCUT2D eigenvalue weighted by molar-refractivity contribution is 7.90. The van der Waals surface area contributed by atoms with E-state index in [-0.39, 0.29) is 34.0 Å². The zero-order chi connectivity index (χ0) is 21.9. The van der Waals surface area contributed by atoms with Gasteiger partial charge in [0.2, 0.25) is 0 Å². The van der Waals surface area contributed by atoms with Crippen LogP contribution in [0.3, 0.4) is 0 Å². The van der Waals surface area contributed by atoms with Crippen molar-refractivity contribution in [2.75, 3.05) is 5.32 Å². The van der Waals surface area contributed by atoms with Gasteiger partial charge in [0.1, 0.15) is 11.5 Å². The number of nitrogens with one attached hydrogen (secondary N) is 1. The summed E-state index contributed by atoms with van der Waals surface area (Å²) in [5.41, 5.74) is 2.89. The van der Waals surface area contributed by atoms with E-state index >= 15 is 0 Å². The SMILES string of the molecule is CC(C)c1cccc(C(C)C)c1NC(=O)c1ccc(CS(=O)(=O)c2ccccc2)o1. The van der Waals surface area contributed by atoms with E-state index in [1.54, 1.807) is 30.3 Å². The van der Waals surface area contributed by atoms with E-state index in [4.69, 9.17) is 4.42 Å². The van der Waals surface area contributed by atoms with Gasteiger partial charge in [-0.3, -0.25) is 4.79 Å². The molecule has 0 spiro atoms. The Hall–Kier alpha value is -2.86. The summed E-state index contributed by atoms with van der Waals surface area (Å²) in [5.74, 6) is 0.0916. The first-order valence-corrected chi connectivity index (χ1v) is 11.6. The summed E-state index contributed by atoms with van der Waals surface area (Å²) < 4.78 is 30.7. The van der Waals surface area contributed by atoms with Crippen LogP contribution in [0.2, 0.25) is 0 Å². The van der Waals surface area contributed by atoms with Crippen molar-refractivity contribution in [1.29, 1.82) is 0 Å². The number of rotatable bonds is 7. The third-order valence-corrected chi connectivity index (χ3v) is 6.59. The Balaban J connectivity index is 1.83. The summed E-state index contributed by atoms with van der Waals surface area (Å²) in [5, 5.41) is 2.98. The molecular formula is C24H27NO4S. The highest BCUT2D eigenvalue weighted by Crippen LogP contribution is 2.33. The molecule has 0 atom stereocenters. The zero-order valence-corrected chi connectivity index (χ0v) is 18.5. The molecule has 0 saturated heterocycles. The fourth-order valence-electron chi connectivity index (χ4n) is 3.35. The molecule has 0 unspecified atom stereocenters. The lowest BCUT2D eigenvalue weighted by molar-refractivity contribution is 0.0995. The van der Waals surface area contributed by atoms with E-state index in [0.717, 1.165) is 16.8 Å². The van der Waals surface area contributed by atoms with Crippen molar-refractivity contribution in [2.45, 2.75) is 50.2 Å². The van der Waals surface area contributed by atoms with E-state index in [9.17, 15) is 13.2 Å². The molecule has 1 amide bonds. The topological polar surface area (TPSA) is 76.4 Å². The highest BCUT2D eigenvalue weighted by atomic mass is 32.2. The molecule has 0 aliphatic heterocycles. The van der Waals surface area contributed by atoms with Crippen molar-refractivity contribution >= 4 is 21.4 Å². The van der Waals surface area contributed by atoms with E-state index in [1.807, 2.05) is 18.2 Å². The third kappa shape index (κ3) is 4.82. The minimum Gasteiger partial charge on any atom is -0.455 e. The number of benzene rings is 2. The fourth-order valence-corrected chi connectivity index (χ4v) is 4.61. The maximum atomic E-state index is 12.9. The van der Waals surface area contributed by atoms with Crippen LogP contribution in [0.4, 0.5) is 5.69 Å². The number of sulfone groups is 1. The molecule has 3 rings (SSSR count). The first-order valence-electron chi connectivity index (χ1n) is 9.99. The van der Waals surface area contributed by atoms with Gasteiger partial charge >= 0.3 is 0 Å². The van der Waals surface area contributed by atoms with Gasteiger partial charge in [0.15, 0.2) is 15.6 Å². The number of hydrogen-bond donors (Lipinski definition) is 1. The molecule has 0 aliphatic carbocycles. The molecule has 0 saturated carbocycles. The van der Waals surface area contributed by atoms with E-state index in [0.29, 0.717) is 0 Å². The fraction of sp³-hybridized carbons (Fsp3) is 0.292. The average Bonchev–Trinajstić information content (AvgIpc) is 3.16. The Morgan fingerprint density at radius 3 is 2.03 bits per heavy atom. The third-order valence-electron chi connectivity index (χ3n) is 4.93. The van der Waals surface area contributed by atoms with Crippen molar-refractivity contribution < 1.29 is 17.6 Å². The number of para-hydroxylation sites is 1. The monoisotopic (exact) mass is 425 g/mol. The van der Waals surface area contributed by atoms with Crippen LogP contribution in [0, 0.1) is 0 Å². The van der Waals surface area contributed by atoms with E-state index in [1.165, 1.54) is 12.1 Å². The van der Waals surface area contributed by atoms with Crippen molar-refractivity contribution in [3.05, 3.63) is 83.3 Å². The number of amides is 1. The normalized spacial score (nSPS) is 11.8. The Kier molecular flexibility index (Phi) is 6.46. The van der Waals surface area contributed by atoms with Crippen LogP contribution in [-0.4, -0.2) is 14.3 Å². The maximum absolute atomic E-state index is 12.9. The van der Waals surface area contributed by atoms with Gasteiger partial charge in [-0.05, 0) is 47.2 Å². The van der Waals surface area contributed by atoms with Gasteiger partial charge in [0.05, 0.1) is 4.90 Å². The van der Waals surface area contributed by atoms with Gasteiger partial charge in [-0.2, -0.15) is 0 Å². The van der Waals surface area contributed by atoms with Crippen molar-refractivity contribution in [1.82, 2.24) is 0 Å². The second-order valence-corrected chi connectivity index (χ2v) is 9.90. The lowest BCUT2D eigenvalue weighted by atomic mass is 9.92.